The van der Waals surface area contributed by atoms with Crippen LogP contribution in [0.4, 0.5) is 19.2 Å². The Labute approximate surface area is 108 Å². The second-order valence-corrected chi connectivity index (χ2v) is 3.70. The SMILES string of the molecule is CC1=CCCCC1.O=C1OC(=O)OC(=O)OC(=O)O1. The molecule has 2 aliphatic rings. The van der Waals surface area contributed by atoms with Gasteiger partial charge in [0.15, 0.2) is 0 Å². The first-order valence-electron chi connectivity index (χ1n) is 5.50. The molecule has 2 rings (SSSR count). The number of ether oxygens (including phenoxy) is 4. The van der Waals surface area contributed by atoms with Gasteiger partial charge < -0.3 is 18.9 Å². The van der Waals surface area contributed by atoms with Gasteiger partial charge in [-0.1, -0.05) is 11.6 Å². The fourth-order valence-corrected chi connectivity index (χ4v) is 1.35. The molecule has 0 saturated carbocycles. The van der Waals surface area contributed by atoms with Crippen LogP contribution in [0.2, 0.25) is 0 Å². The average Bonchev–Trinajstić information content (AvgIpc) is 2.27. The van der Waals surface area contributed by atoms with Crippen LogP contribution in [0.5, 0.6) is 0 Å². The Hall–Kier alpha value is -2.38. The highest BCUT2D eigenvalue weighted by Crippen LogP contribution is 2.15. The maximum absolute atomic E-state index is 10.2. The van der Waals surface area contributed by atoms with E-state index in [2.05, 4.69) is 31.9 Å². The van der Waals surface area contributed by atoms with E-state index < -0.39 is 24.6 Å². The fraction of sp³-hybridized carbons (Fsp3) is 0.455. The van der Waals surface area contributed by atoms with Crippen molar-refractivity contribution in [3.8, 4) is 0 Å². The van der Waals surface area contributed by atoms with E-state index in [0.717, 1.165) is 0 Å². The van der Waals surface area contributed by atoms with Crippen LogP contribution < -0.4 is 0 Å². The smallest absolute Gasteiger partial charge is 0.327 e. The molecule has 0 radical (unpaired) electrons. The quantitative estimate of drug-likeness (QED) is 0.376. The summed E-state index contributed by atoms with van der Waals surface area (Å²) >= 11 is 0. The van der Waals surface area contributed by atoms with E-state index in [1.54, 1.807) is 5.57 Å². The van der Waals surface area contributed by atoms with Crippen molar-refractivity contribution in [1.29, 1.82) is 0 Å². The normalized spacial score (nSPS) is 19.3. The van der Waals surface area contributed by atoms with Gasteiger partial charge in [0, 0.05) is 0 Å². The first-order valence-corrected chi connectivity index (χ1v) is 5.50. The average molecular weight is 272 g/mol. The molecule has 8 nitrogen and oxygen atoms in total. The summed E-state index contributed by atoms with van der Waals surface area (Å²) in [4.78, 5) is 40.8. The van der Waals surface area contributed by atoms with E-state index in [0.29, 0.717) is 0 Å². The Kier molecular flexibility index (Phi) is 5.52. The third-order valence-electron chi connectivity index (χ3n) is 2.18. The van der Waals surface area contributed by atoms with Gasteiger partial charge in [-0.15, -0.1) is 0 Å². The maximum Gasteiger partial charge on any atom is 0.528 e. The first kappa shape index (κ1) is 14.7. The lowest BCUT2D eigenvalue weighted by Crippen LogP contribution is -2.27. The van der Waals surface area contributed by atoms with Crippen molar-refractivity contribution in [1.82, 2.24) is 0 Å². The highest BCUT2D eigenvalue weighted by molar-refractivity contribution is 5.93. The minimum atomic E-state index is -1.63. The van der Waals surface area contributed by atoms with Crippen molar-refractivity contribution in [2.75, 3.05) is 0 Å². The van der Waals surface area contributed by atoms with Gasteiger partial charge in [-0.05, 0) is 32.6 Å². The number of carbonyl (C=O) groups is 4. The Morgan fingerprint density at radius 3 is 1.42 bits per heavy atom. The highest BCUT2D eigenvalue weighted by Gasteiger charge is 2.28. The number of carbonyl (C=O) groups excluding carboxylic acids is 4. The molecule has 1 heterocycles. The van der Waals surface area contributed by atoms with Crippen LogP contribution >= 0.6 is 0 Å². The Balaban J connectivity index is 0.000000218. The van der Waals surface area contributed by atoms with Gasteiger partial charge in [0.25, 0.3) is 0 Å². The summed E-state index contributed by atoms with van der Waals surface area (Å²) in [5.41, 5.74) is 1.59. The van der Waals surface area contributed by atoms with Gasteiger partial charge in [0.05, 0.1) is 0 Å². The second kappa shape index (κ2) is 7.14. The second-order valence-electron chi connectivity index (χ2n) is 3.70. The summed E-state index contributed by atoms with van der Waals surface area (Å²) < 4.78 is 14.4. The molecule has 19 heavy (non-hydrogen) atoms. The van der Waals surface area contributed by atoms with E-state index in [9.17, 15) is 19.2 Å². The van der Waals surface area contributed by atoms with E-state index in [1.165, 1.54) is 25.7 Å². The molecule has 0 aromatic rings. The summed E-state index contributed by atoms with van der Waals surface area (Å²) in [6.07, 6.45) is 1.35. The molecular formula is C11H12O8. The van der Waals surface area contributed by atoms with Crippen molar-refractivity contribution in [3.63, 3.8) is 0 Å². The van der Waals surface area contributed by atoms with Crippen LogP contribution in [0.3, 0.4) is 0 Å². The number of allylic oxidation sites excluding steroid dienone is 2. The van der Waals surface area contributed by atoms with Crippen LogP contribution in [-0.2, 0) is 18.9 Å². The molecule has 0 aromatic carbocycles. The van der Waals surface area contributed by atoms with Crippen molar-refractivity contribution in [2.45, 2.75) is 32.6 Å². The molecule has 0 atom stereocenters. The van der Waals surface area contributed by atoms with Crippen molar-refractivity contribution in [2.24, 2.45) is 0 Å². The summed E-state index contributed by atoms with van der Waals surface area (Å²) in [5.74, 6) is 0. The van der Waals surface area contributed by atoms with Gasteiger partial charge in [-0.25, -0.2) is 19.2 Å². The Morgan fingerprint density at radius 2 is 1.21 bits per heavy atom. The molecule has 0 spiro atoms. The van der Waals surface area contributed by atoms with E-state index in [1.807, 2.05) is 0 Å². The molecule has 0 aromatic heterocycles. The number of rotatable bonds is 0. The van der Waals surface area contributed by atoms with E-state index in [-0.39, 0.29) is 0 Å². The Bertz CT molecular complexity index is 350. The third kappa shape index (κ3) is 6.20. The van der Waals surface area contributed by atoms with Gasteiger partial charge in [-0.2, -0.15) is 0 Å². The molecule has 1 aliphatic carbocycles. The maximum atomic E-state index is 10.2. The van der Waals surface area contributed by atoms with Crippen molar-refractivity contribution in [3.05, 3.63) is 11.6 Å². The lowest BCUT2D eigenvalue weighted by atomic mass is 10.0. The molecule has 0 amide bonds. The predicted octanol–water partition coefficient (Wildman–Crippen LogP) is 3.05. The van der Waals surface area contributed by atoms with Gasteiger partial charge in [0.2, 0.25) is 0 Å². The van der Waals surface area contributed by atoms with E-state index in [4.69, 9.17) is 0 Å². The van der Waals surface area contributed by atoms with Gasteiger partial charge >= 0.3 is 24.6 Å². The molecule has 8 heteroatoms. The number of hydrogen-bond donors (Lipinski definition) is 0. The standard InChI is InChI=1S/C7H12.C4O8/c1-7-5-3-2-4-6-7;5-1-9-2(6)11-4(8)12-3(7)10-1/h5H,2-4,6H2,1H3;. The van der Waals surface area contributed by atoms with Crippen LogP contribution in [0.15, 0.2) is 11.6 Å². The summed E-state index contributed by atoms with van der Waals surface area (Å²) in [5, 5.41) is 0. The molecule has 104 valence electrons. The van der Waals surface area contributed by atoms with E-state index >= 15 is 0 Å². The zero-order chi connectivity index (χ0) is 14.3. The van der Waals surface area contributed by atoms with Crippen LogP contribution in [0.1, 0.15) is 32.6 Å². The summed E-state index contributed by atoms with van der Waals surface area (Å²) in [7, 11) is 0. The van der Waals surface area contributed by atoms with Gasteiger partial charge in [-0.3, -0.25) is 0 Å². The van der Waals surface area contributed by atoms with Crippen LogP contribution in [0.25, 0.3) is 0 Å². The number of cyclic esters (lactones) is 8. The molecule has 0 N–H and O–H groups in total. The third-order valence-corrected chi connectivity index (χ3v) is 2.18. The molecule has 0 unspecified atom stereocenters. The first-order chi connectivity index (χ1) is 8.97. The summed E-state index contributed by atoms with van der Waals surface area (Å²) in [6.45, 7) is 2.22. The Morgan fingerprint density at radius 1 is 0.789 bits per heavy atom. The summed E-state index contributed by atoms with van der Waals surface area (Å²) in [6, 6.07) is 0. The zero-order valence-electron chi connectivity index (χ0n) is 10.2. The fourth-order valence-electron chi connectivity index (χ4n) is 1.35. The van der Waals surface area contributed by atoms with Crippen LogP contribution in [-0.4, -0.2) is 24.6 Å². The molecule has 1 aliphatic heterocycles. The topological polar surface area (TPSA) is 105 Å². The minimum Gasteiger partial charge on any atom is -0.327 e. The molecule has 1 saturated heterocycles. The number of hydrogen-bond acceptors (Lipinski definition) is 8. The van der Waals surface area contributed by atoms with Gasteiger partial charge in [0.1, 0.15) is 0 Å². The predicted molar refractivity (Wildman–Crippen MR) is 58.1 cm³/mol. The lowest BCUT2D eigenvalue weighted by Gasteiger charge is -2.05. The monoisotopic (exact) mass is 272 g/mol. The largest absolute Gasteiger partial charge is 0.528 e. The van der Waals surface area contributed by atoms with Crippen molar-refractivity contribution >= 4 is 24.6 Å². The minimum absolute atomic E-state index is 1.33. The molecule has 0 bridgehead atoms. The lowest BCUT2D eigenvalue weighted by molar-refractivity contribution is 0.00863. The van der Waals surface area contributed by atoms with Crippen molar-refractivity contribution < 1.29 is 38.1 Å². The molecule has 1 fully saturated rings. The molecular weight excluding hydrogens is 260 g/mol. The zero-order valence-corrected chi connectivity index (χ0v) is 10.2. The highest BCUT2D eigenvalue weighted by atomic mass is 16.9. The van der Waals surface area contributed by atoms with Crippen LogP contribution in [0, 0.1) is 0 Å².